The summed E-state index contributed by atoms with van der Waals surface area (Å²) in [5.74, 6) is -2.96. The summed E-state index contributed by atoms with van der Waals surface area (Å²) >= 11 is 0. The van der Waals surface area contributed by atoms with E-state index in [1.54, 1.807) is 29.2 Å². The van der Waals surface area contributed by atoms with Gasteiger partial charge in [-0.1, -0.05) is 12.1 Å². The van der Waals surface area contributed by atoms with Crippen LogP contribution in [0.2, 0.25) is 0 Å². The lowest BCUT2D eigenvalue weighted by atomic mass is 9.90. The molecule has 5 nitrogen and oxygen atoms in total. The van der Waals surface area contributed by atoms with Crippen LogP contribution in [0.1, 0.15) is 41.6 Å². The van der Waals surface area contributed by atoms with Gasteiger partial charge in [0.2, 0.25) is 0 Å². The van der Waals surface area contributed by atoms with Crippen molar-refractivity contribution in [3.63, 3.8) is 0 Å². The van der Waals surface area contributed by atoms with E-state index in [4.69, 9.17) is 0 Å². The number of nitrogens with one attached hydrogen (secondary N) is 1. The van der Waals surface area contributed by atoms with Gasteiger partial charge in [0, 0.05) is 18.2 Å². The maximum absolute atomic E-state index is 12.9. The highest BCUT2D eigenvalue weighted by Gasteiger charge is 2.46. The van der Waals surface area contributed by atoms with Crippen LogP contribution in [0.4, 0.5) is 13.2 Å². The lowest BCUT2D eigenvalue weighted by molar-refractivity contribution is -0.193. The highest BCUT2D eigenvalue weighted by molar-refractivity contribution is 5.94. The van der Waals surface area contributed by atoms with Gasteiger partial charge in [-0.05, 0) is 49.9 Å². The van der Waals surface area contributed by atoms with Crippen LogP contribution >= 0.6 is 0 Å². The maximum atomic E-state index is 12.9. The van der Waals surface area contributed by atoms with Crippen LogP contribution in [-0.2, 0) is 11.3 Å². The molecule has 0 radical (unpaired) electrons. The van der Waals surface area contributed by atoms with Crippen molar-refractivity contribution in [3.05, 3.63) is 35.4 Å². The molecule has 1 aliphatic carbocycles. The number of carboxylic acid groups (broad SMARTS) is 1. The maximum Gasteiger partial charge on any atom is 0.391 e. The quantitative estimate of drug-likeness (QED) is 0.836. The fourth-order valence-corrected chi connectivity index (χ4v) is 3.25. The molecule has 2 aliphatic rings. The summed E-state index contributed by atoms with van der Waals surface area (Å²) in [6.45, 7) is 0.317. The molecule has 26 heavy (non-hydrogen) atoms. The molecule has 1 amide bonds. The molecule has 142 valence electrons. The van der Waals surface area contributed by atoms with Crippen molar-refractivity contribution in [3.8, 4) is 0 Å². The van der Waals surface area contributed by atoms with Crippen molar-refractivity contribution < 1.29 is 27.9 Å². The molecule has 2 N–H and O–H groups in total. The molecule has 3 rings (SSSR count). The minimum Gasteiger partial charge on any atom is -0.480 e. The zero-order valence-electron chi connectivity index (χ0n) is 14.1. The number of carboxylic acids is 1. The largest absolute Gasteiger partial charge is 0.480 e. The Labute approximate surface area is 149 Å². The van der Waals surface area contributed by atoms with E-state index in [1.807, 2.05) is 0 Å². The van der Waals surface area contributed by atoms with E-state index in [9.17, 15) is 27.9 Å². The van der Waals surface area contributed by atoms with Gasteiger partial charge in [0.05, 0.1) is 5.92 Å². The van der Waals surface area contributed by atoms with Gasteiger partial charge in [0.25, 0.3) is 5.91 Å². The molecule has 0 bridgehead atoms. The van der Waals surface area contributed by atoms with E-state index in [2.05, 4.69) is 5.32 Å². The predicted molar refractivity (Wildman–Crippen MR) is 87.5 cm³/mol. The van der Waals surface area contributed by atoms with E-state index in [-0.39, 0.29) is 31.5 Å². The third-order valence-electron chi connectivity index (χ3n) is 4.98. The molecule has 8 heteroatoms. The number of alkyl halides is 3. The summed E-state index contributed by atoms with van der Waals surface area (Å²) in [7, 11) is 0. The number of amides is 1. The highest BCUT2D eigenvalue weighted by atomic mass is 19.4. The molecule has 1 aliphatic heterocycles. The van der Waals surface area contributed by atoms with Gasteiger partial charge in [-0.25, -0.2) is 0 Å². The second kappa shape index (κ2) is 7.26. The van der Waals surface area contributed by atoms with Crippen LogP contribution in [0.5, 0.6) is 0 Å². The Morgan fingerprint density at radius 2 is 1.81 bits per heavy atom. The van der Waals surface area contributed by atoms with Gasteiger partial charge in [-0.2, -0.15) is 13.2 Å². The van der Waals surface area contributed by atoms with Gasteiger partial charge in [-0.3, -0.25) is 14.5 Å². The number of benzene rings is 1. The Morgan fingerprint density at radius 1 is 1.15 bits per heavy atom. The van der Waals surface area contributed by atoms with E-state index >= 15 is 0 Å². The molecule has 1 aromatic rings. The summed E-state index contributed by atoms with van der Waals surface area (Å²) in [5.41, 5.74) is 1.29. The van der Waals surface area contributed by atoms with Gasteiger partial charge >= 0.3 is 12.1 Å². The monoisotopic (exact) mass is 370 g/mol. The first-order chi connectivity index (χ1) is 12.2. The Hall–Kier alpha value is -2.09. The molecule has 2 atom stereocenters. The predicted octanol–water partition coefficient (Wildman–Crippen LogP) is 2.81. The lowest BCUT2D eigenvalue weighted by Gasteiger charge is -2.37. The second-order valence-corrected chi connectivity index (χ2v) is 7.03. The summed E-state index contributed by atoms with van der Waals surface area (Å²) < 4.78 is 38.7. The minimum absolute atomic E-state index is 0.0745. The average molecular weight is 370 g/mol. The first-order valence-electron chi connectivity index (χ1n) is 8.67. The fourth-order valence-electron chi connectivity index (χ4n) is 3.25. The van der Waals surface area contributed by atoms with Crippen molar-refractivity contribution >= 4 is 11.9 Å². The van der Waals surface area contributed by atoms with E-state index < -0.39 is 30.5 Å². The van der Waals surface area contributed by atoms with Crippen molar-refractivity contribution in [2.45, 2.75) is 50.5 Å². The zero-order valence-corrected chi connectivity index (χ0v) is 14.1. The number of likely N-dealkylation sites (tertiary alicyclic amines) is 1. The molecular weight excluding hydrogens is 349 g/mol. The summed E-state index contributed by atoms with van der Waals surface area (Å²) in [6.07, 6.45) is -2.91. The van der Waals surface area contributed by atoms with Crippen molar-refractivity contribution in [2.75, 3.05) is 6.54 Å². The van der Waals surface area contributed by atoms with Gasteiger partial charge < -0.3 is 10.4 Å². The molecule has 1 saturated carbocycles. The normalized spacial score (nSPS) is 24.3. The zero-order chi connectivity index (χ0) is 18.9. The second-order valence-electron chi connectivity index (χ2n) is 7.03. The average Bonchev–Trinajstić information content (AvgIpc) is 3.38. The van der Waals surface area contributed by atoms with Crippen LogP contribution in [0.3, 0.4) is 0 Å². The number of carbonyl (C=O) groups excluding carboxylic acids is 1. The van der Waals surface area contributed by atoms with Gasteiger partial charge in [-0.15, -0.1) is 0 Å². The fraction of sp³-hybridized carbons (Fsp3) is 0.556. The number of hydrogen-bond acceptors (Lipinski definition) is 3. The molecule has 0 aromatic heterocycles. The third-order valence-corrected chi connectivity index (χ3v) is 4.98. The Balaban J connectivity index is 1.63. The van der Waals surface area contributed by atoms with Crippen LogP contribution in [0.15, 0.2) is 24.3 Å². The molecule has 1 heterocycles. The summed E-state index contributed by atoms with van der Waals surface area (Å²) in [4.78, 5) is 24.9. The van der Waals surface area contributed by atoms with Crippen molar-refractivity contribution in [1.29, 1.82) is 0 Å². The number of hydrogen-bond donors (Lipinski definition) is 2. The molecular formula is C18H21F3N2O3. The third kappa shape index (κ3) is 4.55. The first kappa shape index (κ1) is 18.7. The Bertz CT molecular complexity index is 671. The smallest absolute Gasteiger partial charge is 0.391 e. The number of carbonyl (C=O) groups is 2. The van der Waals surface area contributed by atoms with E-state index in [0.717, 1.165) is 18.4 Å². The van der Waals surface area contributed by atoms with E-state index in [0.29, 0.717) is 5.56 Å². The van der Waals surface area contributed by atoms with Gasteiger partial charge in [0.1, 0.15) is 6.04 Å². The number of halogens is 3. The number of piperidine rings is 1. The molecule has 1 saturated heterocycles. The van der Waals surface area contributed by atoms with Crippen molar-refractivity contribution in [2.24, 2.45) is 5.92 Å². The van der Waals surface area contributed by atoms with Crippen LogP contribution < -0.4 is 5.32 Å². The molecule has 1 aromatic carbocycles. The number of aliphatic carboxylic acids is 1. The Kier molecular flexibility index (Phi) is 5.22. The molecule has 0 spiro atoms. The number of nitrogens with zero attached hydrogens (tertiary/aromatic N) is 1. The number of rotatable bonds is 5. The van der Waals surface area contributed by atoms with Crippen LogP contribution in [0, 0.1) is 5.92 Å². The van der Waals surface area contributed by atoms with Crippen LogP contribution in [-0.4, -0.2) is 46.7 Å². The summed E-state index contributed by atoms with van der Waals surface area (Å²) in [5, 5.41) is 12.2. The van der Waals surface area contributed by atoms with Crippen molar-refractivity contribution in [1.82, 2.24) is 10.2 Å². The lowest BCUT2D eigenvalue weighted by Crippen LogP contribution is -2.49. The minimum atomic E-state index is -4.36. The highest BCUT2D eigenvalue weighted by Crippen LogP contribution is 2.37. The molecule has 2 unspecified atom stereocenters. The Morgan fingerprint density at radius 3 is 2.35 bits per heavy atom. The molecule has 2 fully saturated rings. The standard InChI is InChI=1S/C18H21F3N2O3/c19-18(20,21)13-7-8-23(15(9-13)17(25)26)10-11-1-3-12(4-2-11)16(24)22-14-5-6-14/h1-4,13-15H,5-10H2,(H,22,24)(H,25,26). The topological polar surface area (TPSA) is 69.6 Å². The first-order valence-corrected chi connectivity index (χ1v) is 8.67. The summed E-state index contributed by atoms with van der Waals surface area (Å²) in [6, 6.07) is 5.85. The SMILES string of the molecule is O=C(NC1CC1)c1ccc(CN2CCC(C(F)(F)F)CC2C(=O)O)cc1. The van der Waals surface area contributed by atoms with Crippen LogP contribution in [0.25, 0.3) is 0 Å². The van der Waals surface area contributed by atoms with E-state index in [1.165, 1.54) is 0 Å². The van der Waals surface area contributed by atoms with Gasteiger partial charge in [0.15, 0.2) is 0 Å².